The molecule has 0 aliphatic carbocycles. The van der Waals surface area contributed by atoms with E-state index in [1.54, 1.807) is 20.0 Å². The molecule has 1 aromatic carbocycles. The van der Waals surface area contributed by atoms with E-state index in [0.717, 1.165) is 6.42 Å². The molecule has 0 atom stereocenters. The van der Waals surface area contributed by atoms with Gasteiger partial charge in [-0.25, -0.2) is 13.4 Å². The van der Waals surface area contributed by atoms with Crippen LogP contribution in [0.5, 0.6) is 5.75 Å². The molecule has 0 unspecified atom stereocenters. The first-order chi connectivity index (χ1) is 17.1. The maximum absolute atomic E-state index is 13.3. The summed E-state index contributed by atoms with van der Waals surface area (Å²) in [5.41, 5.74) is 1.47. The molecule has 1 fully saturated rings. The van der Waals surface area contributed by atoms with E-state index in [9.17, 15) is 23.3 Å². The highest BCUT2D eigenvalue weighted by Gasteiger charge is 2.37. The summed E-state index contributed by atoms with van der Waals surface area (Å²) in [5.74, 6) is 0.556. The zero-order valence-corrected chi connectivity index (χ0v) is 21.1. The number of aryl methyl sites for hydroxylation is 2. The normalized spacial score (nSPS) is 14.6. The molecule has 14 heteroatoms. The van der Waals surface area contributed by atoms with Gasteiger partial charge >= 0.3 is 0 Å². The van der Waals surface area contributed by atoms with Crippen LogP contribution in [0.15, 0.2) is 27.9 Å². The summed E-state index contributed by atoms with van der Waals surface area (Å²) < 4.78 is 35.0. The van der Waals surface area contributed by atoms with Crippen molar-refractivity contribution in [3.63, 3.8) is 0 Å². The van der Waals surface area contributed by atoms with E-state index in [0.29, 0.717) is 47.5 Å². The summed E-state index contributed by atoms with van der Waals surface area (Å²) in [6.07, 6.45) is 1.85. The Hall–Kier alpha value is -3.52. The third kappa shape index (κ3) is 4.91. The van der Waals surface area contributed by atoms with Gasteiger partial charge in [-0.15, -0.1) is 10.1 Å². The van der Waals surface area contributed by atoms with Gasteiger partial charge in [0.15, 0.2) is 5.52 Å². The number of fused-ring (bicyclic) bond motifs is 1. The van der Waals surface area contributed by atoms with E-state index in [2.05, 4.69) is 19.9 Å². The largest absolute Gasteiger partial charge is 0.493 e. The molecule has 3 heterocycles. The number of hydrogen-bond acceptors (Lipinski definition) is 9. The lowest BCUT2D eigenvalue weighted by Gasteiger charge is -2.38. The molecule has 0 saturated carbocycles. The second kappa shape index (κ2) is 10.2. The van der Waals surface area contributed by atoms with Gasteiger partial charge in [0.1, 0.15) is 17.1 Å². The van der Waals surface area contributed by atoms with Crippen LogP contribution in [0, 0.1) is 16.0 Å². The third-order valence-corrected chi connectivity index (χ3v) is 7.87. The second-order valence-corrected chi connectivity index (χ2v) is 10.5. The predicted molar refractivity (Wildman–Crippen MR) is 130 cm³/mol. The van der Waals surface area contributed by atoms with Gasteiger partial charge in [-0.3, -0.25) is 9.48 Å². The smallest absolute Gasteiger partial charge is 0.294 e. The van der Waals surface area contributed by atoms with Crippen molar-refractivity contribution in [1.82, 2.24) is 24.1 Å². The molecule has 1 N–H and O–H groups in total. The highest BCUT2D eigenvalue weighted by atomic mass is 32.2. The fourth-order valence-corrected chi connectivity index (χ4v) is 5.88. The second-order valence-electron chi connectivity index (χ2n) is 8.56. The number of hydrogen-bond donors (Lipinski definition) is 1. The van der Waals surface area contributed by atoms with E-state index < -0.39 is 15.1 Å². The number of sulfonamides is 1. The van der Waals surface area contributed by atoms with Gasteiger partial charge in [-0.2, -0.15) is 9.40 Å². The minimum Gasteiger partial charge on any atom is -0.493 e. The Morgan fingerprint density at radius 1 is 1.28 bits per heavy atom. The minimum atomic E-state index is -3.84. The number of nitrogens with zero attached hydrogens (tertiary/aromatic N) is 5. The van der Waals surface area contributed by atoms with Crippen molar-refractivity contribution in [2.75, 3.05) is 26.3 Å². The number of rotatable bonds is 11. The van der Waals surface area contributed by atoms with E-state index in [1.807, 2.05) is 6.92 Å². The van der Waals surface area contributed by atoms with Crippen molar-refractivity contribution in [2.45, 2.75) is 38.0 Å². The van der Waals surface area contributed by atoms with Crippen LogP contribution in [0.2, 0.25) is 0 Å². The molecule has 0 amide bonds. The van der Waals surface area contributed by atoms with Crippen molar-refractivity contribution in [3.05, 3.63) is 44.4 Å². The Labute approximate surface area is 207 Å². The highest BCUT2D eigenvalue weighted by Crippen LogP contribution is 2.34. The van der Waals surface area contributed by atoms with Gasteiger partial charge < -0.3 is 14.6 Å². The maximum atomic E-state index is 13.3. The lowest BCUT2D eigenvalue weighted by atomic mass is 10.0. The lowest BCUT2D eigenvalue weighted by Crippen LogP contribution is -2.50. The molecule has 3 aromatic rings. The highest BCUT2D eigenvalue weighted by molar-refractivity contribution is 7.89. The summed E-state index contributed by atoms with van der Waals surface area (Å²) >= 11 is 0. The topological polar surface area (TPSA) is 163 Å². The Bertz CT molecular complexity index is 1440. The number of ether oxygens (including phenoxy) is 1. The summed E-state index contributed by atoms with van der Waals surface area (Å²) in [4.78, 5) is 35.0. The number of aromatic amines is 1. The lowest BCUT2D eigenvalue weighted by molar-refractivity contribution is -0.758. The molecule has 0 bridgehead atoms. The van der Waals surface area contributed by atoms with Crippen molar-refractivity contribution < 1.29 is 23.1 Å². The Kier molecular flexibility index (Phi) is 7.26. The quantitative estimate of drug-likeness (QED) is 0.294. The number of H-pyrrole nitrogens is 1. The van der Waals surface area contributed by atoms with Crippen molar-refractivity contribution >= 4 is 21.1 Å². The number of nitrogens with one attached hydrogen (secondary N) is 1. The number of benzene rings is 1. The molecular formula is C22H28N6O7S. The van der Waals surface area contributed by atoms with Crippen molar-refractivity contribution in [1.29, 1.82) is 0 Å². The average Bonchev–Trinajstić information content (AvgIpc) is 3.11. The molecule has 36 heavy (non-hydrogen) atoms. The van der Waals surface area contributed by atoms with E-state index in [1.165, 1.54) is 21.1 Å². The first-order valence-electron chi connectivity index (χ1n) is 11.7. The third-order valence-electron chi connectivity index (χ3n) is 6.04. The van der Waals surface area contributed by atoms with Crippen LogP contribution in [0.1, 0.15) is 32.4 Å². The summed E-state index contributed by atoms with van der Waals surface area (Å²) in [6.45, 7) is 4.54. The predicted octanol–water partition coefficient (Wildman–Crippen LogP) is 1.89. The van der Waals surface area contributed by atoms with Crippen molar-refractivity contribution in [2.24, 2.45) is 13.0 Å². The molecule has 1 aliphatic heterocycles. The Morgan fingerprint density at radius 3 is 2.69 bits per heavy atom. The Morgan fingerprint density at radius 2 is 2.03 bits per heavy atom. The molecule has 2 aromatic heterocycles. The zero-order valence-electron chi connectivity index (χ0n) is 20.3. The zero-order chi connectivity index (χ0) is 26.0. The standard InChI is InChI=1S/C22H28N6O7S/c1-4-6-17-19-20(26(3)25-17)22(29)24-21(23-19)16-11-15(7-8-18(16)34-5-2)36(32,33)27-12-14(13-27)9-10-35-28(30)31/h7-8,11,14H,4-6,9-10,12-13H2,1-3H3,(H,23,24,29). The van der Waals surface area contributed by atoms with Crippen LogP contribution >= 0.6 is 0 Å². The van der Waals surface area contributed by atoms with E-state index in [-0.39, 0.29) is 41.9 Å². The molecular weight excluding hydrogens is 492 g/mol. The first kappa shape index (κ1) is 25.6. The molecule has 1 aliphatic rings. The Balaban J connectivity index is 1.68. The molecule has 0 radical (unpaired) electrons. The SMILES string of the molecule is CCCc1nn(C)c2c(=O)[nH]c(-c3cc(S(=O)(=O)N4CC(CCO[N+](=O)[O-])C4)ccc3OCC)nc12. The molecule has 4 rings (SSSR count). The minimum absolute atomic E-state index is 0.0233. The summed E-state index contributed by atoms with van der Waals surface area (Å²) in [5, 5.41) is 13.9. The van der Waals surface area contributed by atoms with Gasteiger partial charge in [-0.1, -0.05) is 13.3 Å². The molecule has 194 valence electrons. The average molecular weight is 521 g/mol. The van der Waals surface area contributed by atoms with Gasteiger partial charge in [0.05, 0.1) is 29.4 Å². The van der Waals surface area contributed by atoms with Gasteiger partial charge in [0.2, 0.25) is 10.0 Å². The van der Waals surface area contributed by atoms with Crippen LogP contribution in [-0.2, 0) is 28.3 Å². The molecule has 0 spiro atoms. The van der Waals surface area contributed by atoms with Crippen LogP contribution < -0.4 is 10.3 Å². The van der Waals surface area contributed by atoms with Crippen LogP contribution in [0.25, 0.3) is 22.4 Å². The maximum Gasteiger partial charge on any atom is 0.294 e. The monoisotopic (exact) mass is 520 g/mol. The van der Waals surface area contributed by atoms with Crippen molar-refractivity contribution in [3.8, 4) is 17.1 Å². The summed E-state index contributed by atoms with van der Waals surface area (Å²) in [6, 6.07) is 4.45. The van der Waals surface area contributed by atoms with Crippen LogP contribution in [0.3, 0.4) is 0 Å². The fourth-order valence-electron chi connectivity index (χ4n) is 4.26. The molecule has 1 saturated heterocycles. The van der Waals surface area contributed by atoms with Gasteiger partial charge in [0.25, 0.3) is 10.6 Å². The first-order valence-corrected chi connectivity index (χ1v) is 13.1. The van der Waals surface area contributed by atoms with Gasteiger partial charge in [0, 0.05) is 20.1 Å². The van der Waals surface area contributed by atoms with E-state index in [4.69, 9.17) is 4.74 Å². The van der Waals surface area contributed by atoms with Gasteiger partial charge in [-0.05, 0) is 43.9 Å². The van der Waals surface area contributed by atoms with Crippen LogP contribution in [0.4, 0.5) is 0 Å². The van der Waals surface area contributed by atoms with E-state index >= 15 is 0 Å². The fraction of sp³-hybridized carbons (Fsp3) is 0.500. The molecule has 13 nitrogen and oxygen atoms in total. The van der Waals surface area contributed by atoms with Crippen LogP contribution in [-0.4, -0.2) is 63.9 Å². The summed E-state index contributed by atoms with van der Waals surface area (Å²) in [7, 11) is -2.16. The number of aromatic nitrogens is 4.